The molecule has 0 bridgehead atoms. The zero-order valence-electron chi connectivity index (χ0n) is 5.43. The predicted octanol–water partition coefficient (Wildman–Crippen LogP) is 2.92. The highest BCUT2D eigenvalue weighted by Gasteiger charge is 1.99. The summed E-state index contributed by atoms with van der Waals surface area (Å²) in [6, 6.07) is 9.56. The highest BCUT2D eigenvalue weighted by atomic mass is 79.9. The van der Waals surface area contributed by atoms with Crippen molar-refractivity contribution >= 4 is 15.9 Å². The molecule has 0 aromatic heterocycles. The minimum Gasteiger partial charge on any atom is -0.235 e. The van der Waals surface area contributed by atoms with E-state index in [4.69, 9.17) is 0 Å². The van der Waals surface area contributed by atoms with Crippen LogP contribution in [0.3, 0.4) is 0 Å². The van der Waals surface area contributed by atoms with Gasteiger partial charge in [-0.05, 0) is 5.56 Å². The minimum atomic E-state index is -0.921. The van der Waals surface area contributed by atoms with Gasteiger partial charge in [0.05, 0.1) is 0 Å². The van der Waals surface area contributed by atoms with Crippen LogP contribution in [0.15, 0.2) is 30.3 Å². The van der Waals surface area contributed by atoms with Crippen molar-refractivity contribution in [2.75, 3.05) is 0 Å². The van der Waals surface area contributed by atoms with Crippen LogP contribution in [0, 0.1) is 0 Å². The molecule has 0 saturated heterocycles. The summed E-state index contributed by atoms with van der Waals surface area (Å²) in [6.45, 7) is 0. The van der Waals surface area contributed by atoms with E-state index in [-0.39, 0.29) is 0 Å². The Balaban J connectivity index is 2.59. The molecule has 0 aliphatic heterocycles. The van der Waals surface area contributed by atoms with E-state index >= 15 is 0 Å². The van der Waals surface area contributed by atoms with Gasteiger partial charge in [0.15, 0.2) is 5.08 Å². The molecule has 2 heteroatoms. The minimum absolute atomic E-state index is 0.445. The lowest BCUT2D eigenvalue weighted by molar-refractivity contribution is 0.460. The summed E-state index contributed by atoms with van der Waals surface area (Å²) in [4.78, 5) is 0. The van der Waals surface area contributed by atoms with Gasteiger partial charge in [0.1, 0.15) is 0 Å². The summed E-state index contributed by atoms with van der Waals surface area (Å²) in [5, 5.41) is -0.921. The molecule has 0 aliphatic carbocycles. The Morgan fingerprint density at radius 2 is 1.90 bits per heavy atom. The lowest BCUT2D eigenvalue weighted by atomic mass is 10.2. The molecule has 0 heterocycles. The number of benzene rings is 1. The van der Waals surface area contributed by atoms with Crippen molar-refractivity contribution in [1.29, 1.82) is 0 Å². The van der Waals surface area contributed by atoms with Gasteiger partial charge in [-0.3, -0.25) is 0 Å². The summed E-state index contributed by atoms with van der Waals surface area (Å²) in [7, 11) is 0. The Morgan fingerprint density at radius 3 is 2.40 bits per heavy atom. The van der Waals surface area contributed by atoms with E-state index in [1.54, 1.807) is 0 Å². The van der Waals surface area contributed by atoms with Crippen LogP contribution in [0.1, 0.15) is 5.56 Å². The summed E-state index contributed by atoms with van der Waals surface area (Å²) < 4.78 is 12.3. The molecule has 0 radical (unpaired) electrons. The Bertz CT molecular complexity index is 184. The topological polar surface area (TPSA) is 0 Å². The van der Waals surface area contributed by atoms with Crippen LogP contribution in [0.5, 0.6) is 0 Å². The van der Waals surface area contributed by atoms with E-state index in [0.717, 1.165) is 5.56 Å². The van der Waals surface area contributed by atoms with Gasteiger partial charge in [-0.15, -0.1) is 0 Å². The van der Waals surface area contributed by atoms with E-state index < -0.39 is 5.08 Å². The van der Waals surface area contributed by atoms with Crippen LogP contribution in [0.2, 0.25) is 0 Å². The Kier molecular flexibility index (Phi) is 2.87. The van der Waals surface area contributed by atoms with Crippen molar-refractivity contribution in [3.8, 4) is 0 Å². The quantitative estimate of drug-likeness (QED) is 0.648. The fourth-order valence-electron chi connectivity index (χ4n) is 0.792. The molecule has 54 valence electrons. The van der Waals surface area contributed by atoms with Gasteiger partial charge in [-0.2, -0.15) is 0 Å². The molecule has 1 atom stereocenters. The zero-order valence-corrected chi connectivity index (χ0v) is 7.01. The van der Waals surface area contributed by atoms with Crippen LogP contribution in [-0.4, -0.2) is 5.08 Å². The van der Waals surface area contributed by atoms with Crippen molar-refractivity contribution in [2.24, 2.45) is 0 Å². The smallest absolute Gasteiger partial charge is 0.158 e. The van der Waals surface area contributed by atoms with Gasteiger partial charge in [0.25, 0.3) is 0 Å². The highest BCUT2D eigenvalue weighted by Crippen LogP contribution is 2.09. The van der Waals surface area contributed by atoms with Gasteiger partial charge < -0.3 is 0 Å². The van der Waals surface area contributed by atoms with Crippen molar-refractivity contribution in [3.05, 3.63) is 35.9 Å². The van der Waals surface area contributed by atoms with Crippen molar-refractivity contribution in [1.82, 2.24) is 0 Å². The van der Waals surface area contributed by atoms with Gasteiger partial charge in [-0.25, -0.2) is 4.39 Å². The van der Waals surface area contributed by atoms with Crippen LogP contribution in [-0.2, 0) is 6.42 Å². The predicted molar refractivity (Wildman–Crippen MR) is 44.0 cm³/mol. The first-order chi connectivity index (χ1) is 4.79. The lowest BCUT2D eigenvalue weighted by Crippen LogP contribution is -1.93. The fourth-order valence-corrected chi connectivity index (χ4v) is 1.17. The van der Waals surface area contributed by atoms with Gasteiger partial charge >= 0.3 is 0 Å². The molecule has 10 heavy (non-hydrogen) atoms. The van der Waals surface area contributed by atoms with Gasteiger partial charge in [0.2, 0.25) is 0 Å². The summed E-state index contributed by atoms with van der Waals surface area (Å²) in [5.41, 5.74) is 1.02. The van der Waals surface area contributed by atoms with Crippen molar-refractivity contribution in [3.63, 3.8) is 0 Å². The number of hydrogen-bond donors (Lipinski definition) is 0. The Labute approximate surface area is 68.2 Å². The van der Waals surface area contributed by atoms with E-state index in [1.165, 1.54) is 0 Å². The van der Waals surface area contributed by atoms with Crippen LogP contribution in [0.4, 0.5) is 4.39 Å². The van der Waals surface area contributed by atoms with Crippen LogP contribution < -0.4 is 0 Å². The molecule has 0 aliphatic rings. The van der Waals surface area contributed by atoms with E-state index in [1.807, 2.05) is 30.3 Å². The summed E-state index contributed by atoms with van der Waals surface area (Å²) in [6.07, 6.45) is 0.445. The maximum atomic E-state index is 12.3. The largest absolute Gasteiger partial charge is 0.235 e. The molecule has 1 aromatic rings. The first-order valence-corrected chi connectivity index (χ1v) is 4.02. The van der Waals surface area contributed by atoms with Crippen LogP contribution >= 0.6 is 15.9 Å². The SMILES string of the molecule is F[C@H](Br)Cc1ccccc1. The first kappa shape index (κ1) is 7.73. The summed E-state index contributed by atoms with van der Waals surface area (Å²) in [5.74, 6) is 0. The summed E-state index contributed by atoms with van der Waals surface area (Å²) >= 11 is 2.84. The van der Waals surface area contributed by atoms with Crippen LogP contribution in [0.25, 0.3) is 0 Å². The van der Waals surface area contributed by atoms with Crippen molar-refractivity contribution < 1.29 is 4.39 Å². The maximum absolute atomic E-state index is 12.3. The third-order valence-electron chi connectivity index (χ3n) is 1.23. The standard InChI is InChI=1S/C8H8BrF/c9-8(10)6-7-4-2-1-3-5-7/h1-5,8H,6H2/t8-/m0/s1. The average Bonchev–Trinajstić information content (AvgIpc) is 1.88. The van der Waals surface area contributed by atoms with Gasteiger partial charge in [0, 0.05) is 6.42 Å². The molecule has 1 aromatic carbocycles. The Hall–Kier alpha value is -0.370. The maximum Gasteiger partial charge on any atom is 0.158 e. The second-order valence-electron chi connectivity index (χ2n) is 2.08. The Morgan fingerprint density at radius 1 is 1.30 bits per heavy atom. The molecular formula is C8H8BrF. The zero-order chi connectivity index (χ0) is 7.40. The molecule has 0 N–H and O–H groups in total. The van der Waals surface area contributed by atoms with E-state index in [2.05, 4.69) is 15.9 Å². The normalized spacial score (nSPS) is 13.0. The van der Waals surface area contributed by atoms with Crippen molar-refractivity contribution in [2.45, 2.75) is 11.5 Å². The number of rotatable bonds is 2. The second kappa shape index (κ2) is 3.71. The molecule has 0 spiro atoms. The molecular weight excluding hydrogens is 195 g/mol. The second-order valence-corrected chi connectivity index (χ2v) is 3.07. The number of alkyl halides is 2. The molecule has 0 nitrogen and oxygen atoms in total. The van der Waals surface area contributed by atoms with E-state index in [0.29, 0.717) is 6.42 Å². The lowest BCUT2D eigenvalue weighted by Gasteiger charge is -1.98. The molecule has 0 saturated carbocycles. The van der Waals surface area contributed by atoms with Gasteiger partial charge in [-0.1, -0.05) is 46.3 Å². The third-order valence-corrected chi connectivity index (χ3v) is 1.56. The average molecular weight is 203 g/mol. The monoisotopic (exact) mass is 202 g/mol. The number of halogens is 2. The molecule has 0 fully saturated rings. The highest BCUT2D eigenvalue weighted by molar-refractivity contribution is 9.09. The van der Waals surface area contributed by atoms with E-state index in [9.17, 15) is 4.39 Å². The number of hydrogen-bond acceptors (Lipinski definition) is 0. The third kappa shape index (κ3) is 2.48. The molecule has 1 rings (SSSR count). The first-order valence-electron chi connectivity index (χ1n) is 3.11. The fraction of sp³-hybridized carbons (Fsp3) is 0.250. The molecule has 0 amide bonds. The molecule has 0 unspecified atom stereocenters.